The van der Waals surface area contributed by atoms with Gasteiger partial charge in [-0.05, 0) is 32.1 Å². The van der Waals surface area contributed by atoms with Crippen molar-refractivity contribution in [3.8, 4) is 0 Å². The molecule has 0 spiro atoms. The van der Waals surface area contributed by atoms with Crippen LogP contribution in [0.1, 0.15) is 39.2 Å². The fourth-order valence-electron chi connectivity index (χ4n) is 3.58. The maximum absolute atomic E-state index is 3.30. The van der Waals surface area contributed by atoms with Crippen LogP contribution in [0.25, 0.3) is 0 Å². The summed E-state index contributed by atoms with van der Waals surface area (Å²) in [5.74, 6) is 0. The third-order valence-electron chi connectivity index (χ3n) is 5.02. The maximum Gasteiger partial charge on any atom is 0.209 e. The van der Waals surface area contributed by atoms with Crippen LogP contribution in [0.2, 0.25) is 0 Å². The van der Waals surface area contributed by atoms with Crippen molar-refractivity contribution in [2.24, 2.45) is 0 Å². The lowest BCUT2D eigenvalue weighted by atomic mass is 9.81. The number of anilines is 1. The lowest BCUT2D eigenvalue weighted by Crippen LogP contribution is -2.27. The van der Waals surface area contributed by atoms with Crippen LogP contribution in [-0.2, 0) is 5.41 Å². The van der Waals surface area contributed by atoms with E-state index in [1.165, 1.54) is 29.8 Å². The molecule has 0 amide bonds. The molecule has 0 bridgehead atoms. The summed E-state index contributed by atoms with van der Waals surface area (Å²) in [6.07, 6.45) is 10.9. The summed E-state index contributed by atoms with van der Waals surface area (Å²) >= 11 is 0. The van der Waals surface area contributed by atoms with Crippen LogP contribution in [0.4, 0.5) is 11.4 Å². The number of rotatable bonds is 7. The molecule has 2 heteroatoms. The van der Waals surface area contributed by atoms with Gasteiger partial charge in [-0.1, -0.05) is 55.8 Å². The van der Waals surface area contributed by atoms with Crippen molar-refractivity contribution in [3.63, 3.8) is 0 Å². The molecule has 134 valence electrons. The highest BCUT2D eigenvalue weighted by molar-refractivity contribution is 6.03. The Kier molecular flexibility index (Phi) is 5.72. The lowest BCUT2D eigenvalue weighted by molar-refractivity contribution is -0.438. The van der Waals surface area contributed by atoms with Crippen molar-refractivity contribution in [2.75, 3.05) is 11.9 Å². The average molecular weight is 346 g/mol. The van der Waals surface area contributed by atoms with E-state index in [1.807, 2.05) is 24.4 Å². The summed E-state index contributed by atoms with van der Waals surface area (Å²) < 4.78 is 2.49. The Bertz CT molecular complexity index is 826. The van der Waals surface area contributed by atoms with Gasteiger partial charge in [0.25, 0.3) is 0 Å². The molecule has 1 aliphatic heterocycles. The number of hydrogen-bond donors (Lipinski definition) is 1. The second-order valence-corrected chi connectivity index (χ2v) is 7.26. The van der Waals surface area contributed by atoms with Crippen LogP contribution in [-0.4, -0.2) is 16.8 Å². The normalized spacial score (nSPS) is 15.8. The molecule has 1 N–H and O–H groups in total. The first-order valence-electron chi connectivity index (χ1n) is 9.54. The Morgan fingerprint density at radius 3 is 2.46 bits per heavy atom. The summed E-state index contributed by atoms with van der Waals surface area (Å²) in [6.45, 7) is 7.97. The Labute approximate surface area is 157 Å². The van der Waals surface area contributed by atoms with E-state index >= 15 is 0 Å². The van der Waals surface area contributed by atoms with E-state index in [2.05, 4.69) is 85.3 Å². The molecule has 0 unspecified atom stereocenters. The molecule has 2 nitrogen and oxygen atoms in total. The highest BCUT2D eigenvalue weighted by Crippen LogP contribution is 2.39. The lowest BCUT2D eigenvalue weighted by Gasteiger charge is -2.15. The molecule has 3 rings (SSSR count). The molecule has 0 aliphatic carbocycles. The molecule has 0 radical (unpaired) electrons. The van der Waals surface area contributed by atoms with Gasteiger partial charge in [0.15, 0.2) is 5.71 Å². The quantitative estimate of drug-likeness (QED) is 0.477. The van der Waals surface area contributed by atoms with Gasteiger partial charge in [0.05, 0.1) is 5.41 Å². The molecule has 0 saturated heterocycles. The van der Waals surface area contributed by atoms with E-state index < -0.39 is 0 Å². The molecule has 2 aromatic rings. The summed E-state index contributed by atoms with van der Waals surface area (Å²) in [6, 6.07) is 19.0. The Hall–Kier alpha value is -2.61. The first-order chi connectivity index (χ1) is 12.6. The Morgan fingerprint density at radius 1 is 0.962 bits per heavy atom. The van der Waals surface area contributed by atoms with Gasteiger partial charge in [0.2, 0.25) is 5.69 Å². The average Bonchev–Trinajstić information content (AvgIpc) is 2.88. The predicted molar refractivity (Wildman–Crippen MR) is 113 cm³/mol. The minimum atomic E-state index is 0.0293. The minimum Gasteiger partial charge on any atom is -0.362 e. The van der Waals surface area contributed by atoms with Gasteiger partial charge < -0.3 is 5.32 Å². The second kappa shape index (κ2) is 8.18. The zero-order valence-electron chi connectivity index (χ0n) is 16.1. The van der Waals surface area contributed by atoms with E-state index in [9.17, 15) is 0 Å². The zero-order chi connectivity index (χ0) is 18.4. The van der Waals surface area contributed by atoms with Gasteiger partial charge in [0.1, 0.15) is 6.54 Å². The first kappa shape index (κ1) is 18.2. The fraction of sp³-hybridized carbons (Fsp3) is 0.292. The number of benzene rings is 2. The van der Waals surface area contributed by atoms with Crippen LogP contribution in [0.5, 0.6) is 0 Å². The van der Waals surface area contributed by atoms with Crippen molar-refractivity contribution in [2.45, 2.75) is 39.0 Å². The number of fused-ring (bicyclic) bond motifs is 1. The van der Waals surface area contributed by atoms with Crippen molar-refractivity contribution in [3.05, 3.63) is 84.6 Å². The zero-order valence-corrected chi connectivity index (χ0v) is 16.1. The fourth-order valence-corrected chi connectivity index (χ4v) is 3.58. The topological polar surface area (TPSA) is 15.0 Å². The van der Waals surface area contributed by atoms with Crippen molar-refractivity contribution >= 4 is 17.1 Å². The van der Waals surface area contributed by atoms with Crippen molar-refractivity contribution in [1.29, 1.82) is 0 Å². The smallest absolute Gasteiger partial charge is 0.209 e. The Balaban J connectivity index is 1.81. The summed E-state index contributed by atoms with van der Waals surface area (Å²) in [5.41, 5.74) is 5.28. The molecule has 2 aromatic carbocycles. The van der Waals surface area contributed by atoms with Gasteiger partial charge in [-0.15, -0.1) is 0 Å². The molecular formula is C24H29N2+. The number of unbranched alkanes of at least 4 members (excludes halogenated alkanes) is 1. The van der Waals surface area contributed by atoms with Gasteiger partial charge in [0, 0.05) is 36.0 Å². The largest absolute Gasteiger partial charge is 0.362 e. The molecule has 0 fully saturated rings. The highest BCUT2D eigenvalue weighted by Gasteiger charge is 2.43. The van der Waals surface area contributed by atoms with E-state index in [0.717, 1.165) is 12.2 Å². The van der Waals surface area contributed by atoms with Crippen LogP contribution in [0.3, 0.4) is 0 Å². The highest BCUT2D eigenvalue weighted by atomic mass is 15.1. The SMILES string of the molecule is CCCC[N+]1=C(/C=C/C=C/Nc2ccccc2)C(C)(C)c2ccccc21. The third kappa shape index (κ3) is 3.80. The minimum absolute atomic E-state index is 0.0293. The van der Waals surface area contributed by atoms with E-state index in [4.69, 9.17) is 0 Å². The van der Waals surface area contributed by atoms with Gasteiger partial charge in [-0.3, -0.25) is 0 Å². The predicted octanol–water partition coefficient (Wildman–Crippen LogP) is 6.04. The summed E-state index contributed by atoms with van der Waals surface area (Å²) in [4.78, 5) is 0. The van der Waals surface area contributed by atoms with E-state index in [-0.39, 0.29) is 5.41 Å². The van der Waals surface area contributed by atoms with Crippen LogP contribution in [0.15, 0.2) is 79.0 Å². The molecule has 1 heterocycles. The number of hydrogen-bond acceptors (Lipinski definition) is 1. The van der Waals surface area contributed by atoms with Gasteiger partial charge in [-0.2, -0.15) is 4.58 Å². The number of para-hydroxylation sites is 2. The van der Waals surface area contributed by atoms with Crippen LogP contribution in [0, 0.1) is 0 Å². The standard InChI is InChI=1S/C24H28N2/c1-4-5-19-26-22-16-10-9-15-21(22)24(2,3)23(26)17-11-12-18-25-20-13-7-6-8-14-20/h6-18H,4-5,19H2,1-3H3/p+1. The van der Waals surface area contributed by atoms with Crippen LogP contribution < -0.4 is 5.32 Å². The maximum atomic E-state index is 3.30. The van der Waals surface area contributed by atoms with Crippen LogP contribution >= 0.6 is 0 Å². The molecule has 0 saturated carbocycles. The monoisotopic (exact) mass is 345 g/mol. The molecule has 26 heavy (non-hydrogen) atoms. The number of nitrogens with zero attached hydrogens (tertiary/aromatic N) is 1. The Morgan fingerprint density at radius 2 is 1.69 bits per heavy atom. The first-order valence-corrected chi connectivity index (χ1v) is 9.54. The van der Waals surface area contributed by atoms with Gasteiger partial charge >= 0.3 is 0 Å². The second-order valence-electron chi connectivity index (χ2n) is 7.26. The van der Waals surface area contributed by atoms with Crippen molar-refractivity contribution in [1.82, 2.24) is 0 Å². The molecular weight excluding hydrogens is 316 g/mol. The van der Waals surface area contributed by atoms with Gasteiger partial charge in [-0.25, -0.2) is 0 Å². The third-order valence-corrected chi connectivity index (χ3v) is 5.02. The van der Waals surface area contributed by atoms with E-state index in [1.54, 1.807) is 0 Å². The molecule has 0 aromatic heterocycles. The summed E-state index contributed by atoms with van der Waals surface area (Å²) in [7, 11) is 0. The van der Waals surface area contributed by atoms with E-state index in [0.29, 0.717) is 0 Å². The van der Waals surface area contributed by atoms with Crippen molar-refractivity contribution < 1.29 is 4.58 Å². The molecule has 1 aliphatic rings. The number of nitrogens with one attached hydrogen (secondary N) is 1. The number of allylic oxidation sites excluding steroid dienone is 3. The molecule has 0 atom stereocenters. The summed E-state index contributed by atoms with van der Waals surface area (Å²) in [5, 5.41) is 3.30.